The number of fused-ring (bicyclic) bond motifs is 2. The number of hydrogen-bond donors (Lipinski definition) is 0. The molecule has 0 aliphatic carbocycles. The Morgan fingerprint density at radius 3 is 2.61 bits per heavy atom. The maximum Gasteiger partial charge on any atom is 0.266 e. The molecule has 1 aliphatic rings. The number of anilines is 1. The quantitative estimate of drug-likeness (QED) is 0.180. The van der Waals surface area contributed by atoms with Gasteiger partial charge in [0.05, 0.1) is 16.8 Å². The molecule has 10 heteroatoms. The van der Waals surface area contributed by atoms with Gasteiger partial charge in [0, 0.05) is 26.5 Å². The van der Waals surface area contributed by atoms with Gasteiger partial charge in [0.25, 0.3) is 5.01 Å². The van der Waals surface area contributed by atoms with E-state index in [1.807, 2.05) is 30.3 Å². The van der Waals surface area contributed by atoms with Crippen molar-refractivity contribution in [2.24, 2.45) is 0 Å². The van der Waals surface area contributed by atoms with Crippen LogP contribution in [0, 0.1) is 0 Å². The van der Waals surface area contributed by atoms with Crippen LogP contribution in [0.5, 0.6) is 0 Å². The average Bonchev–Trinajstić information content (AvgIpc) is 3.19. The molecule has 0 saturated heterocycles. The van der Waals surface area contributed by atoms with Crippen LogP contribution < -0.4 is 9.47 Å². The van der Waals surface area contributed by atoms with E-state index in [1.165, 1.54) is 11.3 Å². The van der Waals surface area contributed by atoms with Crippen molar-refractivity contribution in [3.8, 4) is 0 Å². The Kier molecular flexibility index (Phi) is 7.15. The van der Waals surface area contributed by atoms with E-state index in [0.29, 0.717) is 0 Å². The molecule has 31 heavy (non-hydrogen) atoms. The second-order valence-electron chi connectivity index (χ2n) is 7.22. The van der Waals surface area contributed by atoms with Crippen molar-refractivity contribution in [1.29, 1.82) is 0 Å². The van der Waals surface area contributed by atoms with Crippen LogP contribution in [0.25, 0.3) is 16.3 Å². The van der Waals surface area contributed by atoms with E-state index in [2.05, 4.69) is 55.8 Å². The monoisotopic (exact) mass is 602 g/mol. The molecule has 4 rings (SSSR count). The molecule has 0 spiro atoms. The first-order chi connectivity index (χ1) is 14.7. The third-order valence-corrected chi connectivity index (χ3v) is 8.69. The van der Waals surface area contributed by atoms with Gasteiger partial charge in [-0.15, -0.1) is 0 Å². The number of hydrogen-bond acceptors (Lipinski definition) is 6. The van der Waals surface area contributed by atoms with Crippen molar-refractivity contribution in [3.05, 3.63) is 55.4 Å². The Bertz CT molecular complexity index is 1270. The Balaban J connectivity index is 1.81. The number of halogens is 2. The predicted octanol–water partition coefficient (Wildman–Crippen LogP) is 6.32. The Morgan fingerprint density at radius 1 is 1.13 bits per heavy atom. The van der Waals surface area contributed by atoms with Gasteiger partial charge in [-0.2, -0.15) is 4.57 Å². The third-order valence-electron chi connectivity index (χ3n) is 4.90. The van der Waals surface area contributed by atoms with E-state index in [9.17, 15) is 13.0 Å². The zero-order valence-corrected chi connectivity index (χ0v) is 22.3. The zero-order valence-electron chi connectivity index (χ0n) is 16.7. The van der Waals surface area contributed by atoms with E-state index >= 15 is 0 Å². The summed E-state index contributed by atoms with van der Waals surface area (Å²) in [6, 6.07) is 11.9. The summed E-state index contributed by atoms with van der Waals surface area (Å²) in [5.41, 5.74) is 1.88. The molecule has 2 heterocycles. The van der Waals surface area contributed by atoms with Crippen molar-refractivity contribution in [1.82, 2.24) is 0 Å². The minimum atomic E-state index is -4.45. The van der Waals surface area contributed by atoms with Gasteiger partial charge < -0.3 is 9.45 Å². The summed E-state index contributed by atoms with van der Waals surface area (Å²) in [6.07, 6.45) is 5.35. The van der Waals surface area contributed by atoms with Crippen LogP contribution in [0.4, 0.5) is 5.69 Å². The molecule has 2 aromatic carbocycles. The van der Waals surface area contributed by atoms with Gasteiger partial charge in [-0.1, -0.05) is 74.7 Å². The highest BCUT2D eigenvalue weighted by molar-refractivity contribution is 9.10. The second-order valence-corrected chi connectivity index (χ2v) is 12.6. The summed E-state index contributed by atoms with van der Waals surface area (Å²) in [4.78, 5) is 3.45. The van der Waals surface area contributed by atoms with Crippen molar-refractivity contribution in [3.63, 3.8) is 0 Å². The van der Waals surface area contributed by atoms with Crippen LogP contribution in [0.15, 0.2) is 55.3 Å². The molecule has 0 N–H and O–H groups in total. The van der Waals surface area contributed by atoms with Gasteiger partial charge in [0.1, 0.15) is 4.70 Å². The highest BCUT2D eigenvalue weighted by Gasteiger charge is 2.28. The first-order valence-electron chi connectivity index (χ1n) is 9.77. The molecule has 0 radical (unpaired) electrons. The summed E-state index contributed by atoms with van der Waals surface area (Å²) in [5, 5.41) is 1.77. The van der Waals surface area contributed by atoms with E-state index in [1.54, 1.807) is 16.3 Å². The van der Waals surface area contributed by atoms with Gasteiger partial charge in [-0.3, -0.25) is 0 Å². The topological polar surface area (TPSA) is 64.3 Å². The smallest absolute Gasteiger partial charge is 0.266 e. The normalized spacial score (nSPS) is 15.2. The largest absolute Gasteiger partial charge is 0.743 e. The minimum Gasteiger partial charge on any atom is -0.743 e. The average molecular weight is 604 g/mol. The first kappa shape index (κ1) is 23.3. The van der Waals surface area contributed by atoms with Crippen molar-refractivity contribution in [2.45, 2.75) is 37.0 Å². The van der Waals surface area contributed by atoms with Crippen LogP contribution in [0.2, 0.25) is 0 Å². The predicted molar refractivity (Wildman–Crippen MR) is 134 cm³/mol. The molecule has 0 fully saturated rings. The van der Waals surface area contributed by atoms with Crippen LogP contribution in [0.3, 0.4) is 0 Å². The molecule has 0 unspecified atom stereocenters. The Hall–Kier alpha value is -0.910. The van der Waals surface area contributed by atoms with Crippen LogP contribution in [-0.4, -0.2) is 19.5 Å². The zero-order chi connectivity index (χ0) is 22.2. The molecule has 0 amide bonds. The van der Waals surface area contributed by atoms with Crippen molar-refractivity contribution < 1.29 is 17.5 Å². The maximum absolute atomic E-state index is 11.6. The molecule has 0 atom stereocenters. The minimum absolute atomic E-state index is 0.596. The van der Waals surface area contributed by atoms with E-state index in [4.69, 9.17) is 0 Å². The Morgan fingerprint density at radius 2 is 1.87 bits per heavy atom. The molecule has 5 nitrogen and oxygen atoms in total. The molecule has 164 valence electrons. The van der Waals surface area contributed by atoms with Crippen LogP contribution in [0.1, 0.15) is 31.2 Å². The lowest BCUT2D eigenvalue weighted by atomic mass is 10.2. The maximum atomic E-state index is 11.6. The fourth-order valence-electron chi connectivity index (χ4n) is 3.51. The molecule has 1 aromatic heterocycles. The van der Waals surface area contributed by atoms with Gasteiger partial charge in [-0.25, -0.2) is 8.42 Å². The van der Waals surface area contributed by atoms with Gasteiger partial charge >= 0.3 is 0 Å². The number of unbranched alkanes of at least 4 members (excludes halogenated alkanes) is 2. The number of thioether (sulfide) groups is 1. The SMILES string of the molecule is CCCCCN1C(=Cc2sc3ccc(Br)cc3[n+]2CS(=O)(=O)[O-])Sc2ccc(Br)cc21. The summed E-state index contributed by atoms with van der Waals surface area (Å²) < 4.78 is 39.3. The summed E-state index contributed by atoms with van der Waals surface area (Å²) >= 11 is 10.2. The van der Waals surface area contributed by atoms with Crippen molar-refractivity contribution >= 4 is 87.1 Å². The fourth-order valence-corrected chi connectivity index (χ4v) is 7.14. The van der Waals surface area contributed by atoms with E-state index < -0.39 is 16.0 Å². The lowest BCUT2D eigenvalue weighted by Crippen LogP contribution is -2.39. The molecular weight excluding hydrogens is 584 g/mol. The fraction of sp³-hybridized carbons (Fsp3) is 0.286. The molecule has 0 bridgehead atoms. The second kappa shape index (κ2) is 9.52. The lowest BCUT2D eigenvalue weighted by Gasteiger charge is -2.20. The van der Waals surface area contributed by atoms with Gasteiger partial charge in [0.2, 0.25) is 11.4 Å². The third kappa shape index (κ3) is 5.36. The van der Waals surface area contributed by atoms with Crippen LogP contribution in [-0.2, 0) is 16.0 Å². The summed E-state index contributed by atoms with van der Waals surface area (Å²) in [5.74, 6) is -0.596. The van der Waals surface area contributed by atoms with E-state index in [-0.39, 0.29) is 0 Å². The Labute approximate surface area is 207 Å². The molecule has 0 saturated carbocycles. The van der Waals surface area contributed by atoms with E-state index in [0.717, 1.165) is 65.6 Å². The highest BCUT2D eigenvalue weighted by Crippen LogP contribution is 2.48. The van der Waals surface area contributed by atoms with Crippen molar-refractivity contribution in [2.75, 3.05) is 11.4 Å². The number of benzene rings is 2. The van der Waals surface area contributed by atoms with Gasteiger partial charge in [-0.05, 0) is 36.8 Å². The molecule has 1 aliphatic heterocycles. The molecular formula is C21H20Br2N2O3S3. The highest BCUT2D eigenvalue weighted by atomic mass is 79.9. The standard InChI is InChI=1S/C21H20Br2N2O3S3/c1-2-3-4-9-24-16-10-14(22)5-7-18(16)29-20(24)12-21-25(13-31(26,27)28)17-11-15(23)6-8-19(17)30-21/h5-8,10-12H,2-4,9,13H2,1H3. The van der Waals surface area contributed by atoms with Gasteiger partial charge in [0.15, 0.2) is 10.1 Å². The van der Waals surface area contributed by atoms with Crippen LogP contribution >= 0.6 is 55.0 Å². The summed E-state index contributed by atoms with van der Waals surface area (Å²) in [7, 11) is -4.45. The lowest BCUT2D eigenvalue weighted by molar-refractivity contribution is -0.649. The number of nitrogens with zero attached hydrogens (tertiary/aromatic N) is 2. The molecule has 3 aromatic rings. The number of thiazole rings is 1. The number of aromatic nitrogens is 1. The first-order valence-corrected chi connectivity index (χ1v) is 14.6. The summed E-state index contributed by atoms with van der Waals surface area (Å²) in [6.45, 7) is 3.06. The number of rotatable bonds is 7.